The largest absolute Gasteiger partial charge is 0.462 e. The molecule has 3 N–H and O–H groups in total. The molecule has 1 atom stereocenters. The van der Waals surface area contributed by atoms with E-state index < -0.39 is 27.9 Å². The minimum atomic E-state index is -4.10. The average Bonchev–Trinajstić information content (AvgIpc) is 2.88. The first kappa shape index (κ1) is 25.1. The second kappa shape index (κ2) is 10.7. The normalized spacial score (nSPS) is 13.8. The van der Waals surface area contributed by atoms with Gasteiger partial charge < -0.3 is 15.4 Å². The molecule has 2 amide bonds. The molecule has 186 valence electrons. The first-order valence-electron chi connectivity index (χ1n) is 11.3. The van der Waals surface area contributed by atoms with Crippen LogP contribution >= 0.6 is 0 Å². The van der Waals surface area contributed by atoms with Crippen molar-refractivity contribution in [2.75, 3.05) is 17.2 Å². The van der Waals surface area contributed by atoms with Crippen LogP contribution in [0.4, 0.5) is 11.4 Å². The van der Waals surface area contributed by atoms with Crippen LogP contribution in [0, 0.1) is 0 Å². The maximum absolute atomic E-state index is 13.3. The van der Waals surface area contributed by atoms with E-state index in [-0.39, 0.29) is 23.8 Å². The fourth-order valence-electron chi connectivity index (χ4n) is 3.79. The minimum absolute atomic E-state index is 0.00933. The molecular formula is C26H25N3O6S. The fourth-order valence-corrected chi connectivity index (χ4v) is 5.02. The summed E-state index contributed by atoms with van der Waals surface area (Å²) in [6.45, 7) is 1.95. The van der Waals surface area contributed by atoms with Crippen LogP contribution in [0.3, 0.4) is 0 Å². The minimum Gasteiger partial charge on any atom is -0.462 e. The Morgan fingerprint density at radius 1 is 1.00 bits per heavy atom. The summed E-state index contributed by atoms with van der Waals surface area (Å²) in [6.07, 6.45) is 0.697. The van der Waals surface area contributed by atoms with Crippen molar-refractivity contribution in [3.05, 3.63) is 89.5 Å². The molecule has 0 fully saturated rings. The Labute approximate surface area is 208 Å². The molecule has 0 saturated carbocycles. The second-order valence-corrected chi connectivity index (χ2v) is 9.83. The van der Waals surface area contributed by atoms with Gasteiger partial charge in [0.05, 0.1) is 17.1 Å². The maximum atomic E-state index is 13.3. The van der Waals surface area contributed by atoms with Crippen LogP contribution in [0.15, 0.2) is 77.7 Å². The van der Waals surface area contributed by atoms with Gasteiger partial charge in [-0.25, -0.2) is 13.2 Å². The third kappa shape index (κ3) is 5.78. The van der Waals surface area contributed by atoms with E-state index >= 15 is 0 Å². The maximum Gasteiger partial charge on any atom is 0.338 e. The summed E-state index contributed by atoms with van der Waals surface area (Å²) in [5.74, 6) is -1.19. The lowest BCUT2D eigenvalue weighted by Gasteiger charge is -2.21. The number of rotatable bonds is 8. The molecule has 9 nitrogen and oxygen atoms in total. The summed E-state index contributed by atoms with van der Waals surface area (Å²) in [6, 6.07) is 17.8. The molecule has 0 radical (unpaired) electrons. The van der Waals surface area contributed by atoms with Crippen molar-refractivity contribution >= 4 is 39.2 Å². The number of amides is 2. The Hall–Kier alpha value is -4.02. The average molecular weight is 508 g/mol. The SMILES string of the molecule is CCOC(=O)c1ccc(NC(=O)C(NS(=O)(=O)c2ccc3c(c2)CCC(=O)N3)c2ccccc2)cc1. The number of hydrogen-bond acceptors (Lipinski definition) is 6. The summed E-state index contributed by atoms with van der Waals surface area (Å²) in [7, 11) is -4.10. The number of ether oxygens (including phenoxy) is 1. The Balaban J connectivity index is 1.57. The number of nitrogens with one attached hydrogen (secondary N) is 3. The van der Waals surface area contributed by atoms with Crippen LogP contribution < -0.4 is 15.4 Å². The molecule has 1 aliphatic rings. The molecule has 0 saturated heterocycles. The molecular weight excluding hydrogens is 482 g/mol. The molecule has 10 heteroatoms. The Morgan fingerprint density at radius 3 is 2.42 bits per heavy atom. The van der Waals surface area contributed by atoms with Crippen molar-refractivity contribution in [1.29, 1.82) is 0 Å². The molecule has 36 heavy (non-hydrogen) atoms. The monoisotopic (exact) mass is 507 g/mol. The predicted octanol–water partition coefficient (Wildman–Crippen LogP) is 3.41. The first-order valence-corrected chi connectivity index (χ1v) is 12.8. The van der Waals surface area contributed by atoms with Crippen LogP contribution in [0.2, 0.25) is 0 Å². The van der Waals surface area contributed by atoms with E-state index in [9.17, 15) is 22.8 Å². The van der Waals surface area contributed by atoms with E-state index in [1.165, 1.54) is 24.3 Å². The molecule has 0 bridgehead atoms. The van der Waals surface area contributed by atoms with Crippen molar-refractivity contribution in [3.63, 3.8) is 0 Å². The van der Waals surface area contributed by atoms with Crippen LogP contribution in [-0.2, 0) is 30.8 Å². The third-order valence-corrected chi connectivity index (χ3v) is 7.03. The highest BCUT2D eigenvalue weighted by Crippen LogP contribution is 2.27. The zero-order valence-corrected chi connectivity index (χ0v) is 20.3. The van der Waals surface area contributed by atoms with E-state index in [2.05, 4.69) is 15.4 Å². The van der Waals surface area contributed by atoms with Gasteiger partial charge in [-0.2, -0.15) is 4.72 Å². The highest BCUT2D eigenvalue weighted by molar-refractivity contribution is 7.89. The van der Waals surface area contributed by atoms with Crippen LogP contribution in [0.25, 0.3) is 0 Å². The van der Waals surface area contributed by atoms with Crippen LogP contribution in [0.5, 0.6) is 0 Å². The van der Waals surface area contributed by atoms with E-state index in [1.807, 2.05) is 0 Å². The number of aryl methyl sites for hydroxylation is 1. The molecule has 0 aliphatic carbocycles. The zero-order valence-electron chi connectivity index (χ0n) is 19.5. The van der Waals surface area contributed by atoms with Crippen LogP contribution in [0.1, 0.15) is 40.9 Å². The van der Waals surface area contributed by atoms with Gasteiger partial charge in [-0.1, -0.05) is 30.3 Å². The van der Waals surface area contributed by atoms with Gasteiger partial charge in [-0.3, -0.25) is 9.59 Å². The fraction of sp³-hybridized carbons (Fsp3) is 0.192. The lowest BCUT2D eigenvalue weighted by atomic mass is 10.0. The topological polar surface area (TPSA) is 131 Å². The Morgan fingerprint density at radius 2 is 1.72 bits per heavy atom. The predicted molar refractivity (Wildman–Crippen MR) is 134 cm³/mol. The summed E-state index contributed by atoms with van der Waals surface area (Å²) in [5.41, 5.74) is 2.46. The summed E-state index contributed by atoms with van der Waals surface area (Å²) in [5, 5.41) is 5.42. The van der Waals surface area contributed by atoms with Crippen molar-refractivity contribution in [2.24, 2.45) is 0 Å². The number of anilines is 2. The summed E-state index contributed by atoms with van der Waals surface area (Å²) in [4.78, 5) is 36.7. The van der Waals surface area contributed by atoms with Gasteiger partial charge in [0, 0.05) is 17.8 Å². The number of hydrogen-bond donors (Lipinski definition) is 3. The van der Waals surface area contributed by atoms with Gasteiger partial charge in [0.15, 0.2) is 0 Å². The zero-order chi connectivity index (χ0) is 25.7. The highest BCUT2D eigenvalue weighted by atomic mass is 32.2. The van der Waals surface area contributed by atoms with Crippen LogP contribution in [-0.4, -0.2) is 32.8 Å². The van der Waals surface area contributed by atoms with Crippen molar-refractivity contribution in [3.8, 4) is 0 Å². The number of carbonyl (C=O) groups excluding carboxylic acids is 3. The van der Waals surface area contributed by atoms with Crippen molar-refractivity contribution in [1.82, 2.24) is 4.72 Å². The molecule has 3 aromatic carbocycles. The number of carbonyl (C=O) groups is 3. The first-order chi connectivity index (χ1) is 17.3. The standard InChI is InChI=1S/C26H25N3O6S/c1-2-35-26(32)18-8-11-20(12-9-18)27-25(31)24(17-6-4-3-5-7-17)29-36(33,34)21-13-14-22-19(16-21)10-15-23(30)28-22/h3-9,11-14,16,24,29H,2,10,15H2,1H3,(H,27,31)(H,28,30). The molecule has 1 unspecified atom stereocenters. The smallest absolute Gasteiger partial charge is 0.338 e. The highest BCUT2D eigenvalue weighted by Gasteiger charge is 2.28. The Kier molecular flexibility index (Phi) is 7.47. The number of sulfonamides is 1. The number of benzene rings is 3. The number of fused-ring (bicyclic) bond motifs is 1. The quantitative estimate of drug-likeness (QED) is 0.401. The summed E-state index contributed by atoms with van der Waals surface area (Å²) < 4.78 is 34.0. The van der Waals surface area contributed by atoms with Crippen molar-refractivity contribution < 1.29 is 27.5 Å². The van der Waals surface area contributed by atoms with Gasteiger partial charge in [0.25, 0.3) is 0 Å². The van der Waals surface area contributed by atoms with Gasteiger partial charge in [-0.15, -0.1) is 0 Å². The Bertz CT molecular complexity index is 1390. The molecule has 1 aliphatic heterocycles. The van der Waals surface area contributed by atoms with Gasteiger partial charge in [0.2, 0.25) is 21.8 Å². The molecule has 0 aromatic heterocycles. The van der Waals surface area contributed by atoms with Crippen molar-refractivity contribution in [2.45, 2.75) is 30.7 Å². The molecule has 1 heterocycles. The lowest BCUT2D eigenvalue weighted by molar-refractivity contribution is -0.118. The molecule has 0 spiro atoms. The van der Waals surface area contributed by atoms with E-state index in [0.717, 1.165) is 0 Å². The van der Waals surface area contributed by atoms with E-state index in [0.29, 0.717) is 34.5 Å². The summed E-state index contributed by atoms with van der Waals surface area (Å²) >= 11 is 0. The van der Waals surface area contributed by atoms with E-state index in [1.54, 1.807) is 55.5 Å². The molecule has 3 aromatic rings. The third-order valence-electron chi connectivity index (χ3n) is 5.61. The van der Waals surface area contributed by atoms with E-state index in [4.69, 9.17) is 4.74 Å². The lowest BCUT2D eigenvalue weighted by Crippen LogP contribution is -2.37. The molecule has 4 rings (SSSR count). The second-order valence-electron chi connectivity index (χ2n) is 8.12. The van der Waals surface area contributed by atoms with Gasteiger partial charge in [0.1, 0.15) is 6.04 Å². The van der Waals surface area contributed by atoms with Gasteiger partial charge in [-0.05, 0) is 66.9 Å². The van der Waals surface area contributed by atoms with Gasteiger partial charge >= 0.3 is 5.97 Å². The number of esters is 1.